The minimum Gasteiger partial charge on any atom is -0.479 e. The number of aliphatic hydroxyl groups excluding tert-OH is 1. The van der Waals surface area contributed by atoms with Crippen molar-refractivity contribution in [1.82, 2.24) is 5.32 Å². The van der Waals surface area contributed by atoms with Gasteiger partial charge in [-0.05, 0) is 72.4 Å². The first-order valence-corrected chi connectivity index (χ1v) is 14.6. The van der Waals surface area contributed by atoms with Crippen molar-refractivity contribution in [1.29, 1.82) is 0 Å². The molecule has 1 aliphatic carbocycles. The molecule has 1 amide bonds. The van der Waals surface area contributed by atoms with Gasteiger partial charge in [-0.15, -0.1) is 0 Å². The van der Waals surface area contributed by atoms with E-state index in [0.29, 0.717) is 27.3 Å². The van der Waals surface area contributed by atoms with Crippen LogP contribution in [0.1, 0.15) is 59.5 Å². The molecule has 4 rings (SSSR count). The fraction of sp³-hybridized carbons (Fsp3) is 0.290. The highest BCUT2D eigenvalue weighted by atomic mass is 35.5. The van der Waals surface area contributed by atoms with Gasteiger partial charge in [0.1, 0.15) is 0 Å². The average molecular weight is 628 g/mol. The van der Waals surface area contributed by atoms with Gasteiger partial charge < -0.3 is 25.7 Å². The zero-order valence-corrected chi connectivity index (χ0v) is 24.7. The van der Waals surface area contributed by atoms with E-state index in [1.165, 1.54) is 24.8 Å². The van der Waals surface area contributed by atoms with Crippen LogP contribution in [0.2, 0.25) is 10.0 Å². The summed E-state index contributed by atoms with van der Waals surface area (Å²) in [5, 5.41) is 36.2. The predicted octanol–water partition coefficient (Wildman–Crippen LogP) is 6.41. The zero-order valence-electron chi connectivity index (χ0n) is 23.2. The lowest BCUT2D eigenvalue weighted by atomic mass is 9.84. The minimum atomic E-state index is -1.71. The Balaban J connectivity index is 1.63. The minimum absolute atomic E-state index is 0.165. The molecule has 0 heterocycles. The summed E-state index contributed by atoms with van der Waals surface area (Å²) in [6.45, 7) is -0.238. The maximum Gasteiger partial charge on any atom is 0.334 e. The fourth-order valence-electron chi connectivity index (χ4n) is 5.04. The molecule has 0 radical (unpaired) electrons. The van der Waals surface area contributed by atoms with E-state index in [2.05, 4.69) is 22.8 Å². The van der Waals surface area contributed by atoms with Gasteiger partial charge in [-0.3, -0.25) is 14.9 Å². The Bertz CT molecular complexity index is 1450. The number of anilines is 2. The Labute approximate surface area is 259 Å². The monoisotopic (exact) mass is 626 g/mol. The number of carboxylic acid groups (broad SMARTS) is 1. The molecule has 43 heavy (non-hydrogen) atoms. The van der Waals surface area contributed by atoms with Crippen molar-refractivity contribution in [2.45, 2.75) is 50.7 Å². The molecule has 1 fully saturated rings. The molecule has 1 atom stereocenters. The number of nitro groups is 1. The zero-order chi connectivity index (χ0) is 30.9. The number of carboxylic acids is 1. The van der Waals surface area contributed by atoms with Crippen LogP contribution in [0.5, 0.6) is 0 Å². The Kier molecular flexibility index (Phi) is 11.0. The summed E-state index contributed by atoms with van der Waals surface area (Å²) < 4.78 is 0. The number of aliphatic hydroxyl groups is 1. The number of nitrogens with one attached hydrogen (secondary N) is 2. The molecule has 3 aromatic rings. The van der Waals surface area contributed by atoms with Gasteiger partial charge in [-0.1, -0.05) is 66.7 Å². The third kappa shape index (κ3) is 9.18. The summed E-state index contributed by atoms with van der Waals surface area (Å²) in [5.74, 6) is -1.32. The highest BCUT2D eigenvalue weighted by Crippen LogP contribution is 2.34. The molecular weight excluding hydrogens is 595 g/mol. The number of benzene rings is 3. The second-order valence-electron chi connectivity index (χ2n) is 10.4. The van der Waals surface area contributed by atoms with Crippen LogP contribution in [0.15, 0.2) is 78.8 Å². The Hall–Kier alpha value is -4.12. The van der Waals surface area contributed by atoms with E-state index in [9.17, 15) is 24.8 Å². The maximum absolute atomic E-state index is 12.4. The average Bonchev–Trinajstić information content (AvgIpc) is 2.98. The molecule has 12 heteroatoms. The summed E-state index contributed by atoms with van der Waals surface area (Å²) in [6, 6.07) is 19.3. The van der Waals surface area contributed by atoms with Gasteiger partial charge in [-0.2, -0.15) is 0 Å². The van der Waals surface area contributed by atoms with Crippen molar-refractivity contribution in [3.05, 3.63) is 116 Å². The molecule has 10 nitrogen and oxygen atoms in total. The second kappa shape index (κ2) is 14.9. The lowest BCUT2D eigenvalue weighted by Crippen LogP contribution is -2.36. The molecule has 4 N–H and O–H groups in total. The number of carbonyl (C=O) groups is 2. The Morgan fingerprint density at radius 3 is 2.21 bits per heavy atom. The number of halogens is 2. The van der Waals surface area contributed by atoms with Crippen LogP contribution < -0.4 is 15.5 Å². The standard InChI is InChI=1S/C31H32Cl2N4O6/c32-24-14-25(33)16-26(15-24)35-29(19-37(42)43)36(27-12-10-22(11-13-27)21-4-2-1-3-5-21)18-20-6-8-23(9-7-20)30(39)34-17-28(38)31(40)41/h6-16,19,21,28,35,38H,1-5,17-18H2,(H,34,39)(H,40,41)/b29-19-/t28-/m1/s1. The van der Waals surface area contributed by atoms with E-state index in [-0.39, 0.29) is 17.9 Å². The van der Waals surface area contributed by atoms with Gasteiger partial charge in [-0.25, -0.2) is 4.79 Å². The van der Waals surface area contributed by atoms with Crippen molar-refractivity contribution in [2.24, 2.45) is 0 Å². The molecule has 0 bridgehead atoms. The van der Waals surface area contributed by atoms with Gasteiger partial charge in [0.05, 0.1) is 11.5 Å². The lowest BCUT2D eigenvalue weighted by molar-refractivity contribution is -0.403. The van der Waals surface area contributed by atoms with Crippen molar-refractivity contribution in [3.8, 4) is 0 Å². The quantitative estimate of drug-likeness (QED) is 0.133. The molecule has 0 saturated heterocycles. The summed E-state index contributed by atoms with van der Waals surface area (Å²) in [4.78, 5) is 36.2. The van der Waals surface area contributed by atoms with E-state index >= 15 is 0 Å². The first-order chi connectivity index (χ1) is 20.6. The number of rotatable bonds is 12. The summed E-state index contributed by atoms with van der Waals surface area (Å²) in [6.07, 6.45) is 5.10. The first kappa shape index (κ1) is 31.8. The highest BCUT2D eigenvalue weighted by Gasteiger charge is 2.21. The Morgan fingerprint density at radius 2 is 1.63 bits per heavy atom. The van der Waals surface area contributed by atoms with Crippen LogP contribution in [-0.4, -0.2) is 39.7 Å². The molecule has 0 unspecified atom stereocenters. The smallest absolute Gasteiger partial charge is 0.334 e. The number of hydrogen-bond donors (Lipinski definition) is 4. The van der Waals surface area contributed by atoms with Crippen LogP contribution in [0.25, 0.3) is 0 Å². The predicted molar refractivity (Wildman–Crippen MR) is 166 cm³/mol. The molecular formula is C31H32Cl2N4O6. The molecule has 3 aromatic carbocycles. The van der Waals surface area contributed by atoms with E-state index in [4.69, 9.17) is 28.3 Å². The summed E-state index contributed by atoms with van der Waals surface area (Å²) >= 11 is 12.4. The fourth-order valence-corrected chi connectivity index (χ4v) is 5.57. The number of nitrogens with zero attached hydrogens (tertiary/aromatic N) is 2. The molecule has 226 valence electrons. The van der Waals surface area contributed by atoms with Crippen molar-refractivity contribution in [3.63, 3.8) is 0 Å². The topological polar surface area (TPSA) is 145 Å². The van der Waals surface area contributed by atoms with Crippen LogP contribution in [0.4, 0.5) is 11.4 Å². The van der Waals surface area contributed by atoms with Crippen LogP contribution in [0, 0.1) is 10.1 Å². The van der Waals surface area contributed by atoms with Gasteiger partial charge in [0, 0.05) is 33.5 Å². The normalized spacial score (nSPS) is 14.5. The van der Waals surface area contributed by atoms with E-state index in [0.717, 1.165) is 24.6 Å². The van der Waals surface area contributed by atoms with Crippen LogP contribution >= 0.6 is 23.2 Å². The van der Waals surface area contributed by atoms with Gasteiger partial charge in [0.25, 0.3) is 12.1 Å². The largest absolute Gasteiger partial charge is 0.479 e. The number of carbonyl (C=O) groups excluding carboxylic acids is 1. The second-order valence-corrected chi connectivity index (χ2v) is 11.2. The first-order valence-electron chi connectivity index (χ1n) is 13.8. The maximum atomic E-state index is 12.4. The van der Waals surface area contributed by atoms with Crippen molar-refractivity contribution in [2.75, 3.05) is 16.8 Å². The molecule has 0 aliphatic heterocycles. The van der Waals surface area contributed by atoms with Crippen molar-refractivity contribution >= 4 is 46.5 Å². The van der Waals surface area contributed by atoms with E-state index < -0.39 is 29.4 Å². The lowest BCUT2D eigenvalue weighted by Gasteiger charge is -2.28. The summed E-state index contributed by atoms with van der Waals surface area (Å²) in [7, 11) is 0. The van der Waals surface area contributed by atoms with Crippen LogP contribution in [-0.2, 0) is 11.3 Å². The third-order valence-corrected chi connectivity index (χ3v) is 7.67. The molecule has 0 aromatic heterocycles. The van der Waals surface area contributed by atoms with E-state index in [1.807, 2.05) is 12.1 Å². The van der Waals surface area contributed by atoms with Crippen LogP contribution in [0.3, 0.4) is 0 Å². The van der Waals surface area contributed by atoms with Gasteiger partial charge in [0.15, 0.2) is 11.9 Å². The number of amides is 1. The third-order valence-electron chi connectivity index (χ3n) is 7.23. The number of hydrogen-bond acceptors (Lipinski definition) is 7. The van der Waals surface area contributed by atoms with Gasteiger partial charge >= 0.3 is 5.97 Å². The highest BCUT2D eigenvalue weighted by molar-refractivity contribution is 6.35. The summed E-state index contributed by atoms with van der Waals surface area (Å²) in [5.41, 5.74) is 3.40. The van der Waals surface area contributed by atoms with E-state index in [1.54, 1.807) is 47.4 Å². The molecule has 1 saturated carbocycles. The van der Waals surface area contributed by atoms with Gasteiger partial charge in [0.2, 0.25) is 0 Å². The number of aliphatic carboxylic acids is 1. The SMILES string of the molecule is O=C(NC[C@@H](O)C(=O)O)c1ccc(CN(/C(=C\[N+](=O)[O-])Nc2cc(Cl)cc(Cl)c2)c2ccc(C3CCCCC3)cc2)cc1. The van der Waals surface area contributed by atoms with Crippen molar-refractivity contribution < 1.29 is 24.7 Å². The molecule has 0 spiro atoms. The molecule has 1 aliphatic rings. The Morgan fingerprint density at radius 1 is 1.00 bits per heavy atom.